The Labute approximate surface area is 150 Å². The third kappa shape index (κ3) is 3.07. The number of nitrogens with zero attached hydrogens (tertiary/aromatic N) is 1. The molecule has 4 rings (SSSR count). The summed E-state index contributed by atoms with van der Waals surface area (Å²) >= 11 is 0. The van der Waals surface area contributed by atoms with E-state index in [0.717, 1.165) is 16.5 Å². The molecule has 0 saturated carbocycles. The van der Waals surface area contributed by atoms with Gasteiger partial charge >= 0.3 is 0 Å². The second kappa shape index (κ2) is 7.01. The molecule has 1 aliphatic heterocycles. The van der Waals surface area contributed by atoms with E-state index >= 15 is 0 Å². The van der Waals surface area contributed by atoms with E-state index in [4.69, 9.17) is 19.2 Å². The summed E-state index contributed by atoms with van der Waals surface area (Å²) in [6.45, 7) is 1.13. The molecular weight excluding hydrogens is 332 g/mol. The molecular formula is C20H18N2O4. The number of fused-ring (bicyclic) bond motifs is 2. The highest BCUT2D eigenvalue weighted by Crippen LogP contribution is 2.36. The van der Waals surface area contributed by atoms with Gasteiger partial charge in [-0.1, -0.05) is 18.2 Å². The number of hydrogen-bond donors (Lipinski definition) is 1. The molecule has 1 amide bonds. The minimum Gasteiger partial charge on any atom is -0.454 e. The lowest BCUT2D eigenvalue weighted by Gasteiger charge is -2.11. The quantitative estimate of drug-likeness (QED) is 0.717. The summed E-state index contributed by atoms with van der Waals surface area (Å²) in [4.78, 5) is 17.4. The number of hydrogen-bond acceptors (Lipinski definition) is 5. The van der Waals surface area contributed by atoms with Crippen LogP contribution in [0.3, 0.4) is 0 Å². The zero-order valence-electron chi connectivity index (χ0n) is 14.3. The van der Waals surface area contributed by atoms with Crippen LogP contribution in [0.25, 0.3) is 22.2 Å². The number of methoxy groups -OCH3 is 1. The normalized spacial score (nSPS) is 12.3. The summed E-state index contributed by atoms with van der Waals surface area (Å²) in [5.41, 5.74) is 2.92. The number of carbonyl (C=O) groups is 1. The Kier molecular flexibility index (Phi) is 4.41. The van der Waals surface area contributed by atoms with Gasteiger partial charge in [0.2, 0.25) is 6.79 Å². The van der Waals surface area contributed by atoms with Crippen LogP contribution in [0.4, 0.5) is 0 Å². The fourth-order valence-corrected chi connectivity index (χ4v) is 2.93. The highest BCUT2D eigenvalue weighted by Gasteiger charge is 2.17. The average Bonchev–Trinajstić information content (AvgIpc) is 3.15. The van der Waals surface area contributed by atoms with Crippen LogP contribution in [0.5, 0.6) is 11.5 Å². The first-order chi connectivity index (χ1) is 12.8. The summed E-state index contributed by atoms with van der Waals surface area (Å²) in [5, 5.41) is 3.69. The van der Waals surface area contributed by atoms with Crippen LogP contribution >= 0.6 is 0 Å². The molecule has 0 aliphatic carbocycles. The summed E-state index contributed by atoms with van der Waals surface area (Å²) in [6.07, 6.45) is 0. The van der Waals surface area contributed by atoms with Gasteiger partial charge in [-0.3, -0.25) is 4.79 Å². The lowest BCUT2D eigenvalue weighted by Crippen LogP contribution is -2.27. The van der Waals surface area contributed by atoms with Crippen molar-refractivity contribution < 1.29 is 19.0 Å². The van der Waals surface area contributed by atoms with E-state index in [1.54, 1.807) is 7.11 Å². The van der Waals surface area contributed by atoms with Crippen molar-refractivity contribution >= 4 is 16.8 Å². The zero-order chi connectivity index (χ0) is 17.9. The maximum atomic E-state index is 12.7. The molecule has 0 spiro atoms. The Morgan fingerprint density at radius 2 is 2.00 bits per heavy atom. The summed E-state index contributed by atoms with van der Waals surface area (Å²) in [7, 11) is 1.60. The number of pyridine rings is 1. The number of rotatable bonds is 5. The van der Waals surface area contributed by atoms with Gasteiger partial charge in [-0.25, -0.2) is 4.98 Å². The largest absolute Gasteiger partial charge is 0.454 e. The summed E-state index contributed by atoms with van der Waals surface area (Å²) in [5.74, 6) is 1.25. The van der Waals surface area contributed by atoms with Crippen molar-refractivity contribution in [3.05, 3.63) is 54.1 Å². The van der Waals surface area contributed by atoms with Crippen LogP contribution in [0, 0.1) is 0 Å². The first-order valence-corrected chi connectivity index (χ1v) is 8.33. The van der Waals surface area contributed by atoms with Gasteiger partial charge in [0.15, 0.2) is 11.5 Å². The maximum absolute atomic E-state index is 12.7. The van der Waals surface area contributed by atoms with E-state index in [9.17, 15) is 4.79 Å². The molecule has 1 N–H and O–H groups in total. The van der Waals surface area contributed by atoms with Crippen molar-refractivity contribution in [2.75, 3.05) is 27.1 Å². The fourth-order valence-electron chi connectivity index (χ4n) is 2.93. The molecule has 0 atom stereocenters. The summed E-state index contributed by atoms with van der Waals surface area (Å²) < 4.78 is 15.8. The van der Waals surface area contributed by atoms with Gasteiger partial charge in [0.05, 0.1) is 23.4 Å². The molecule has 0 saturated heterocycles. The van der Waals surface area contributed by atoms with E-state index in [-0.39, 0.29) is 12.7 Å². The molecule has 6 heteroatoms. The fraction of sp³-hybridized carbons (Fsp3) is 0.200. The molecule has 2 aromatic carbocycles. The molecule has 1 aromatic heterocycles. The minimum absolute atomic E-state index is 0.150. The molecule has 3 aromatic rings. The predicted molar refractivity (Wildman–Crippen MR) is 97.5 cm³/mol. The monoisotopic (exact) mass is 350 g/mol. The Morgan fingerprint density at radius 3 is 2.88 bits per heavy atom. The molecule has 6 nitrogen and oxygen atoms in total. The molecule has 2 heterocycles. The molecule has 26 heavy (non-hydrogen) atoms. The van der Waals surface area contributed by atoms with Crippen molar-refractivity contribution in [2.24, 2.45) is 0 Å². The molecule has 0 unspecified atom stereocenters. The van der Waals surface area contributed by atoms with Crippen LogP contribution in [0.2, 0.25) is 0 Å². The van der Waals surface area contributed by atoms with Crippen molar-refractivity contribution in [1.82, 2.24) is 10.3 Å². The predicted octanol–water partition coefficient (Wildman–Crippen LogP) is 3.01. The van der Waals surface area contributed by atoms with Crippen LogP contribution in [0.15, 0.2) is 48.5 Å². The van der Waals surface area contributed by atoms with Crippen molar-refractivity contribution in [1.29, 1.82) is 0 Å². The second-order valence-electron chi connectivity index (χ2n) is 5.89. The number of benzene rings is 2. The van der Waals surface area contributed by atoms with E-state index in [1.807, 2.05) is 48.5 Å². The Hall–Kier alpha value is -3.12. The van der Waals surface area contributed by atoms with E-state index < -0.39 is 0 Å². The lowest BCUT2D eigenvalue weighted by molar-refractivity contribution is 0.0938. The zero-order valence-corrected chi connectivity index (χ0v) is 14.3. The highest BCUT2D eigenvalue weighted by molar-refractivity contribution is 6.07. The van der Waals surface area contributed by atoms with Crippen molar-refractivity contribution in [3.63, 3.8) is 0 Å². The maximum Gasteiger partial charge on any atom is 0.252 e. The van der Waals surface area contributed by atoms with Gasteiger partial charge in [0, 0.05) is 24.6 Å². The first kappa shape index (κ1) is 16.4. The van der Waals surface area contributed by atoms with Gasteiger partial charge in [0.25, 0.3) is 5.91 Å². The molecule has 0 radical (unpaired) electrons. The average molecular weight is 350 g/mol. The molecule has 0 bridgehead atoms. The Morgan fingerprint density at radius 1 is 1.15 bits per heavy atom. The smallest absolute Gasteiger partial charge is 0.252 e. The third-order valence-corrected chi connectivity index (χ3v) is 4.22. The molecule has 0 fully saturated rings. The van der Waals surface area contributed by atoms with E-state index in [2.05, 4.69) is 5.32 Å². The van der Waals surface area contributed by atoms with E-state index in [1.165, 1.54) is 0 Å². The number of aromatic nitrogens is 1. The number of ether oxygens (including phenoxy) is 3. The van der Waals surface area contributed by atoms with Crippen LogP contribution in [-0.4, -0.2) is 37.9 Å². The van der Waals surface area contributed by atoms with E-state index in [0.29, 0.717) is 35.9 Å². The van der Waals surface area contributed by atoms with Gasteiger partial charge in [-0.05, 0) is 30.3 Å². The molecule has 1 aliphatic rings. The Balaban J connectivity index is 1.77. The van der Waals surface area contributed by atoms with Crippen LogP contribution in [-0.2, 0) is 4.74 Å². The number of nitrogens with one attached hydrogen (secondary N) is 1. The highest BCUT2D eigenvalue weighted by atomic mass is 16.7. The SMILES string of the molecule is COCCNC(=O)c1cc(-c2ccc3c(c2)OCO3)nc2ccccc12. The third-order valence-electron chi connectivity index (χ3n) is 4.22. The summed E-state index contributed by atoms with van der Waals surface area (Å²) in [6, 6.07) is 15.1. The van der Waals surface area contributed by atoms with Crippen LogP contribution in [0.1, 0.15) is 10.4 Å². The Bertz CT molecular complexity index is 971. The second-order valence-corrected chi connectivity index (χ2v) is 5.89. The lowest BCUT2D eigenvalue weighted by atomic mass is 10.0. The van der Waals surface area contributed by atoms with Crippen LogP contribution < -0.4 is 14.8 Å². The number of para-hydroxylation sites is 1. The first-order valence-electron chi connectivity index (χ1n) is 8.33. The van der Waals surface area contributed by atoms with Gasteiger partial charge in [-0.2, -0.15) is 0 Å². The number of amides is 1. The van der Waals surface area contributed by atoms with Gasteiger partial charge in [0.1, 0.15) is 0 Å². The van der Waals surface area contributed by atoms with Crippen molar-refractivity contribution in [2.45, 2.75) is 0 Å². The minimum atomic E-state index is -0.150. The number of carbonyl (C=O) groups excluding carboxylic acids is 1. The molecule has 132 valence electrons. The van der Waals surface area contributed by atoms with Gasteiger partial charge in [-0.15, -0.1) is 0 Å². The van der Waals surface area contributed by atoms with Crippen molar-refractivity contribution in [3.8, 4) is 22.8 Å². The topological polar surface area (TPSA) is 69.7 Å². The van der Waals surface area contributed by atoms with Gasteiger partial charge < -0.3 is 19.5 Å². The standard InChI is InChI=1S/C20H18N2O4/c1-24-9-8-21-20(23)15-11-17(22-16-5-3-2-4-14(15)16)13-6-7-18-19(10-13)26-12-25-18/h2-7,10-11H,8-9,12H2,1H3,(H,21,23).